The van der Waals surface area contributed by atoms with Crippen LogP contribution >= 0.6 is 0 Å². The minimum Gasteiger partial charge on any atom is -0.493 e. The first-order valence-electron chi connectivity index (χ1n) is 7.65. The summed E-state index contributed by atoms with van der Waals surface area (Å²) in [6, 6.07) is 8.54. The average Bonchev–Trinajstić information content (AvgIpc) is 2.46. The Morgan fingerprint density at radius 3 is 2.29 bits per heavy atom. The molecule has 0 aromatic heterocycles. The Balaban J connectivity index is 2.55. The number of aliphatic hydroxyl groups is 1. The molecule has 0 spiro atoms. The van der Waals surface area contributed by atoms with E-state index in [0.29, 0.717) is 18.9 Å². The largest absolute Gasteiger partial charge is 0.493 e. The summed E-state index contributed by atoms with van der Waals surface area (Å²) in [5.74, 6) is 1.43. The molecule has 4 nitrogen and oxygen atoms in total. The summed E-state index contributed by atoms with van der Waals surface area (Å²) in [5.41, 5.74) is 1.20. The first-order valence-corrected chi connectivity index (χ1v) is 7.65. The van der Waals surface area contributed by atoms with E-state index in [4.69, 9.17) is 14.6 Å². The van der Waals surface area contributed by atoms with E-state index in [0.717, 1.165) is 12.4 Å². The molecule has 0 saturated heterocycles. The van der Waals surface area contributed by atoms with Gasteiger partial charge in [0.15, 0.2) is 0 Å². The van der Waals surface area contributed by atoms with Crippen molar-refractivity contribution in [3.05, 3.63) is 29.8 Å². The number of hydrogen-bond acceptors (Lipinski definition) is 4. The van der Waals surface area contributed by atoms with Gasteiger partial charge in [0.1, 0.15) is 5.75 Å². The molecule has 1 aromatic carbocycles. The molecule has 0 bridgehead atoms. The number of methoxy groups -OCH3 is 1. The van der Waals surface area contributed by atoms with Crippen LogP contribution in [0.3, 0.4) is 0 Å². The topological polar surface area (TPSA) is 50.7 Å². The van der Waals surface area contributed by atoms with Crippen molar-refractivity contribution in [1.29, 1.82) is 0 Å². The summed E-state index contributed by atoms with van der Waals surface area (Å²) < 4.78 is 10.9. The number of aliphatic hydroxyl groups excluding tert-OH is 1. The molecule has 0 radical (unpaired) electrons. The van der Waals surface area contributed by atoms with Gasteiger partial charge in [0.2, 0.25) is 0 Å². The van der Waals surface area contributed by atoms with Crippen LogP contribution in [0.2, 0.25) is 0 Å². The fourth-order valence-corrected chi connectivity index (χ4v) is 2.14. The second-order valence-electron chi connectivity index (χ2n) is 5.83. The smallest absolute Gasteiger partial charge is 0.119 e. The molecule has 120 valence electrons. The molecule has 2 N–H and O–H groups in total. The van der Waals surface area contributed by atoms with Crippen molar-refractivity contribution >= 4 is 0 Å². The van der Waals surface area contributed by atoms with Crippen LogP contribution in [0, 0.1) is 5.92 Å². The number of ether oxygens (including phenoxy) is 2. The van der Waals surface area contributed by atoms with Crippen LogP contribution in [-0.4, -0.2) is 38.1 Å². The van der Waals surface area contributed by atoms with E-state index in [1.165, 1.54) is 5.56 Å². The van der Waals surface area contributed by atoms with Crippen molar-refractivity contribution in [2.75, 3.05) is 26.9 Å². The highest BCUT2D eigenvalue weighted by Crippen LogP contribution is 2.19. The molecule has 0 amide bonds. The first-order chi connectivity index (χ1) is 10.1. The maximum absolute atomic E-state index is 9.07. The molecule has 21 heavy (non-hydrogen) atoms. The van der Waals surface area contributed by atoms with Crippen molar-refractivity contribution in [1.82, 2.24) is 5.32 Å². The van der Waals surface area contributed by atoms with Crippen molar-refractivity contribution in [2.24, 2.45) is 5.92 Å². The van der Waals surface area contributed by atoms with Crippen LogP contribution < -0.4 is 10.1 Å². The fourth-order valence-electron chi connectivity index (χ4n) is 2.14. The highest BCUT2D eigenvalue weighted by molar-refractivity contribution is 5.29. The summed E-state index contributed by atoms with van der Waals surface area (Å²) >= 11 is 0. The van der Waals surface area contributed by atoms with Gasteiger partial charge < -0.3 is 19.9 Å². The van der Waals surface area contributed by atoms with E-state index >= 15 is 0 Å². The summed E-state index contributed by atoms with van der Waals surface area (Å²) in [6.07, 6.45) is 0.688. The second-order valence-corrected chi connectivity index (χ2v) is 5.83. The van der Waals surface area contributed by atoms with Gasteiger partial charge >= 0.3 is 0 Å². The minimum atomic E-state index is 0.159. The molecule has 0 saturated carbocycles. The summed E-state index contributed by atoms with van der Waals surface area (Å²) in [6.45, 7) is 7.88. The maximum Gasteiger partial charge on any atom is 0.119 e. The number of nitrogens with one attached hydrogen (secondary N) is 1. The van der Waals surface area contributed by atoms with Crippen LogP contribution in [0.5, 0.6) is 5.75 Å². The van der Waals surface area contributed by atoms with Crippen molar-refractivity contribution in [3.8, 4) is 5.75 Å². The summed E-state index contributed by atoms with van der Waals surface area (Å²) in [5, 5.41) is 12.6. The first kappa shape index (κ1) is 18.0. The molecule has 0 aliphatic rings. The Kier molecular flexibility index (Phi) is 8.35. The van der Waals surface area contributed by atoms with Gasteiger partial charge in [0.05, 0.1) is 13.2 Å². The van der Waals surface area contributed by atoms with Crippen LogP contribution in [0.1, 0.15) is 38.8 Å². The lowest BCUT2D eigenvalue weighted by Crippen LogP contribution is -2.36. The van der Waals surface area contributed by atoms with Crippen LogP contribution in [0.25, 0.3) is 0 Å². The van der Waals surface area contributed by atoms with Gasteiger partial charge in [0.25, 0.3) is 0 Å². The van der Waals surface area contributed by atoms with Crippen LogP contribution in [-0.2, 0) is 4.74 Å². The Hall–Kier alpha value is -1.10. The fraction of sp³-hybridized carbons (Fsp3) is 0.647. The minimum absolute atomic E-state index is 0.159. The molecule has 1 rings (SSSR count). The third-order valence-electron chi connectivity index (χ3n) is 3.29. The van der Waals surface area contributed by atoms with Crippen LogP contribution in [0.15, 0.2) is 24.3 Å². The highest BCUT2D eigenvalue weighted by atomic mass is 16.5. The standard InChI is InChI=1S/C17H29NO3/c1-13(2)11-21-17-7-5-15(6-8-17)14(3)18-16(9-10-19)12-20-4/h5-8,13-14,16,18-19H,9-12H2,1-4H3. The normalized spacial score (nSPS) is 14.2. The zero-order valence-corrected chi connectivity index (χ0v) is 13.6. The lowest BCUT2D eigenvalue weighted by atomic mass is 10.1. The number of benzene rings is 1. The van der Waals surface area contributed by atoms with Gasteiger partial charge in [-0.15, -0.1) is 0 Å². The molecule has 0 aliphatic carbocycles. The molecule has 0 heterocycles. The van der Waals surface area contributed by atoms with Gasteiger partial charge in [-0.25, -0.2) is 0 Å². The maximum atomic E-state index is 9.07. The molecule has 2 unspecified atom stereocenters. The third-order valence-corrected chi connectivity index (χ3v) is 3.29. The third kappa shape index (κ3) is 6.93. The molecular formula is C17H29NO3. The molecule has 2 atom stereocenters. The monoisotopic (exact) mass is 295 g/mol. The summed E-state index contributed by atoms with van der Waals surface area (Å²) in [7, 11) is 1.68. The molecule has 0 fully saturated rings. The van der Waals surface area contributed by atoms with Gasteiger partial charge in [-0.1, -0.05) is 26.0 Å². The zero-order chi connectivity index (χ0) is 15.7. The molecule has 0 aliphatic heterocycles. The van der Waals surface area contributed by atoms with E-state index in [1.54, 1.807) is 7.11 Å². The number of rotatable bonds is 10. The highest BCUT2D eigenvalue weighted by Gasteiger charge is 2.13. The SMILES string of the molecule is COCC(CCO)NC(C)c1ccc(OCC(C)C)cc1. The Morgan fingerprint density at radius 2 is 1.76 bits per heavy atom. The van der Waals surface area contributed by atoms with E-state index in [2.05, 4.69) is 38.2 Å². The lowest BCUT2D eigenvalue weighted by molar-refractivity contribution is 0.143. The Labute approximate surface area is 128 Å². The van der Waals surface area contributed by atoms with Gasteiger partial charge in [0, 0.05) is 25.8 Å². The number of hydrogen-bond donors (Lipinski definition) is 2. The van der Waals surface area contributed by atoms with Gasteiger partial charge in [-0.2, -0.15) is 0 Å². The van der Waals surface area contributed by atoms with Crippen LogP contribution in [0.4, 0.5) is 0 Å². The zero-order valence-electron chi connectivity index (χ0n) is 13.6. The van der Waals surface area contributed by atoms with Crippen molar-refractivity contribution in [2.45, 2.75) is 39.3 Å². The van der Waals surface area contributed by atoms with E-state index in [1.807, 2.05) is 12.1 Å². The van der Waals surface area contributed by atoms with Gasteiger partial charge in [-0.3, -0.25) is 0 Å². The van der Waals surface area contributed by atoms with Crippen molar-refractivity contribution < 1.29 is 14.6 Å². The predicted molar refractivity (Wildman–Crippen MR) is 85.7 cm³/mol. The second kappa shape index (κ2) is 9.77. The van der Waals surface area contributed by atoms with E-state index < -0.39 is 0 Å². The summed E-state index contributed by atoms with van der Waals surface area (Å²) in [4.78, 5) is 0. The molecule has 1 aromatic rings. The van der Waals surface area contributed by atoms with E-state index in [-0.39, 0.29) is 18.7 Å². The molecular weight excluding hydrogens is 266 g/mol. The van der Waals surface area contributed by atoms with E-state index in [9.17, 15) is 0 Å². The lowest BCUT2D eigenvalue weighted by Gasteiger charge is -2.22. The Morgan fingerprint density at radius 1 is 1.10 bits per heavy atom. The quantitative estimate of drug-likeness (QED) is 0.697. The predicted octanol–water partition coefficient (Wildman–Crippen LogP) is 2.77. The average molecular weight is 295 g/mol. The van der Waals surface area contributed by atoms with Gasteiger partial charge in [-0.05, 0) is 37.0 Å². The van der Waals surface area contributed by atoms with Crippen molar-refractivity contribution in [3.63, 3.8) is 0 Å². The molecule has 4 heteroatoms. The Bertz CT molecular complexity index is 372.